The van der Waals surface area contributed by atoms with E-state index in [0.29, 0.717) is 35.9 Å². The molecule has 2 unspecified atom stereocenters. The second kappa shape index (κ2) is 5.30. The first-order valence-electron chi connectivity index (χ1n) is 7.86. The summed E-state index contributed by atoms with van der Waals surface area (Å²) in [6.07, 6.45) is 4.22. The smallest absolute Gasteiger partial charge is 0.314 e. The fourth-order valence-electron chi connectivity index (χ4n) is 3.81. The quantitative estimate of drug-likeness (QED) is 0.621. The Morgan fingerprint density at radius 2 is 1.82 bits per heavy atom. The highest BCUT2D eigenvalue weighted by atomic mass is 16.7. The standard InChI is InChI=1S/C17H18O5/c18-16-10-2-1-3-11(16)7-12(6-10)17(19)22-13-4-5-14-15(8-13)21-9-20-14/h4-5,8,10-12H,1-3,6-7,9H2. The van der Waals surface area contributed by atoms with E-state index in [1.807, 2.05) is 0 Å². The molecule has 2 atom stereocenters. The zero-order valence-electron chi connectivity index (χ0n) is 12.2. The minimum Gasteiger partial charge on any atom is -0.454 e. The Hall–Kier alpha value is -2.04. The molecule has 1 aromatic rings. The van der Waals surface area contributed by atoms with Crippen LogP contribution in [-0.2, 0) is 9.59 Å². The number of Topliss-reactive ketones (excluding diaryl/α,β-unsaturated/α-hetero) is 1. The van der Waals surface area contributed by atoms with Crippen molar-refractivity contribution < 1.29 is 23.8 Å². The highest BCUT2D eigenvalue weighted by molar-refractivity contribution is 5.87. The van der Waals surface area contributed by atoms with E-state index in [1.165, 1.54) is 0 Å². The van der Waals surface area contributed by atoms with Crippen LogP contribution >= 0.6 is 0 Å². The molecular weight excluding hydrogens is 284 g/mol. The number of benzene rings is 1. The first-order chi connectivity index (χ1) is 10.7. The summed E-state index contributed by atoms with van der Waals surface area (Å²) < 4.78 is 16.0. The number of fused-ring (bicyclic) bond motifs is 3. The summed E-state index contributed by atoms with van der Waals surface area (Å²) in [6, 6.07) is 5.12. The summed E-state index contributed by atoms with van der Waals surface area (Å²) in [6.45, 7) is 0.195. The van der Waals surface area contributed by atoms with Gasteiger partial charge in [-0.25, -0.2) is 0 Å². The first kappa shape index (κ1) is 13.6. The fraction of sp³-hybridized carbons (Fsp3) is 0.529. The second-order valence-electron chi connectivity index (χ2n) is 6.33. The van der Waals surface area contributed by atoms with Gasteiger partial charge in [-0.05, 0) is 37.8 Å². The van der Waals surface area contributed by atoms with Crippen LogP contribution < -0.4 is 14.2 Å². The van der Waals surface area contributed by atoms with Gasteiger partial charge in [0.25, 0.3) is 0 Å². The lowest BCUT2D eigenvalue weighted by atomic mass is 9.67. The second-order valence-corrected chi connectivity index (χ2v) is 6.33. The van der Waals surface area contributed by atoms with Gasteiger partial charge in [0.15, 0.2) is 11.5 Å². The highest BCUT2D eigenvalue weighted by Gasteiger charge is 2.42. The molecule has 0 radical (unpaired) electrons. The normalized spacial score (nSPS) is 29.3. The first-order valence-corrected chi connectivity index (χ1v) is 7.86. The van der Waals surface area contributed by atoms with E-state index in [9.17, 15) is 9.59 Å². The molecular formula is C17H18O5. The molecule has 1 aliphatic heterocycles. The maximum absolute atomic E-state index is 12.4. The maximum Gasteiger partial charge on any atom is 0.314 e. The Kier molecular flexibility index (Phi) is 3.28. The third-order valence-electron chi connectivity index (χ3n) is 4.94. The van der Waals surface area contributed by atoms with Crippen molar-refractivity contribution in [1.82, 2.24) is 0 Å². The topological polar surface area (TPSA) is 61.8 Å². The number of carbonyl (C=O) groups is 2. The fourth-order valence-corrected chi connectivity index (χ4v) is 3.81. The van der Waals surface area contributed by atoms with Crippen LogP contribution in [0.4, 0.5) is 0 Å². The molecule has 116 valence electrons. The van der Waals surface area contributed by atoms with E-state index < -0.39 is 0 Å². The van der Waals surface area contributed by atoms with Gasteiger partial charge in [0.2, 0.25) is 6.79 Å². The molecule has 1 aromatic carbocycles. The lowest BCUT2D eigenvalue weighted by Gasteiger charge is -2.36. The van der Waals surface area contributed by atoms with Gasteiger partial charge >= 0.3 is 5.97 Å². The Labute approximate surface area is 128 Å². The van der Waals surface area contributed by atoms with Crippen molar-refractivity contribution in [3.05, 3.63) is 18.2 Å². The monoisotopic (exact) mass is 302 g/mol. The van der Waals surface area contributed by atoms with Gasteiger partial charge in [0, 0.05) is 17.9 Å². The van der Waals surface area contributed by atoms with Crippen LogP contribution in [0, 0.1) is 17.8 Å². The van der Waals surface area contributed by atoms with E-state index in [4.69, 9.17) is 14.2 Å². The summed E-state index contributed by atoms with van der Waals surface area (Å²) in [7, 11) is 0. The number of hydrogen-bond acceptors (Lipinski definition) is 5. The number of rotatable bonds is 2. The number of ketones is 1. The third-order valence-corrected chi connectivity index (χ3v) is 4.94. The van der Waals surface area contributed by atoms with Crippen molar-refractivity contribution >= 4 is 11.8 Å². The number of hydrogen-bond donors (Lipinski definition) is 0. The third kappa shape index (κ3) is 2.34. The summed E-state index contributed by atoms with van der Waals surface area (Å²) in [5, 5.41) is 0. The largest absolute Gasteiger partial charge is 0.454 e. The summed E-state index contributed by atoms with van der Waals surface area (Å²) in [4.78, 5) is 24.5. The molecule has 0 saturated heterocycles. The van der Waals surface area contributed by atoms with Crippen LogP contribution in [0.3, 0.4) is 0 Å². The van der Waals surface area contributed by atoms with Crippen LogP contribution in [0.1, 0.15) is 32.1 Å². The molecule has 0 amide bonds. The molecule has 0 aromatic heterocycles. The zero-order chi connectivity index (χ0) is 15.1. The molecule has 1 heterocycles. The van der Waals surface area contributed by atoms with Crippen molar-refractivity contribution in [2.45, 2.75) is 32.1 Å². The lowest BCUT2D eigenvalue weighted by molar-refractivity contribution is -0.145. The average Bonchev–Trinajstić information content (AvgIpc) is 2.94. The number of carbonyl (C=O) groups excluding carboxylic acids is 2. The van der Waals surface area contributed by atoms with E-state index in [0.717, 1.165) is 19.3 Å². The van der Waals surface area contributed by atoms with Gasteiger partial charge in [-0.3, -0.25) is 9.59 Å². The van der Waals surface area contributed by atoms with Gasteiger partial charge < -0.3 is 14.2 Å². The van der Waals surface area contributed by atoms with E-state index in [2.05, 4.69) is 0 Å². The van der Waals surface area contributed by atoms with Crippen LogP contribution in [0.25, 0.3) is 0 Å². The Morgan fingerprint density at radius 1 is 1.09 bits per heavy atom. The molecule has 22 heavy (non-hydrogen) atoms. The van der Waals surface area contributed by atoms with Crippen LogP contribution in [0.2, 0.25) is 0 Å². The van der Waals surface area contributed by atoms with E-state index >= 15 is 0 Å². The van der Waals surface area contributed by atoms with Gasteiger partial charge in [0.1, 0.15) is 11.5 Å². The molecule has 0 N–H and O–H groups in total. The van der Waals surface area contributed by atoms with Crippen molar-refractivity contribution in [3.63, 3.8) is 0 Å². The van der Waals surface area contributed by atoms with Gasteiger partial charge in [0.05, 0.1) is 5.92 Å². The molecule has 5 nitrogen and oxygen atoms in total. The summed E-state index contributed by atoms with van der Waals surface area (Å²) in [5.41, 5.74) is 0. The van der Waals surface area contributed by atoms with Crippen LogP contribution in [0.15, 0.2) is 18.2 Å². The zero-order valence-corrected chi connectivity index (χ0v) is 12.2. The molecule has 0 spiro atoms. The van der Waals surface area contributed by atoms with Gasteiger partial charge in [-0.15, -0.1) is 0 Å². The predicted octanol–water partition coefficient (Wildman–Crippen LogP) is 2.72. The Bertz CT molecular complexity index is 607. The minimum absolute atomic E-state index is 0.0572. The van der Waals surface area contributed by atoms with Crippen LogP contribution in [-0.4, -0.2) is 18.5 Å². The van der Waals surface area contributed by atoms with E-state index in [1.54, 1.807) is 18.2 Å². The highest BCUT2D eigenvalue weighted by Crippen LogP contribution is 2.41. The SMILES string of the molecule is O=C(Oc1ccc2c(c1)OCO2)C1CC2CCCC(C1)C2=O. The van der Waals surface area contributed by atoms with Crippen molar-refractivity contribution in [2.24, 2.45) is 17.8 Å². The van der Waals surface area contributed by atoms with Gasteiger partial charge in [-0.2, -0.15) is 0 Å². The van der Waals surface area contributed by atoms with E-state index in [-0.39, 0.29) is 30.5 Å². The van der Waals surface area contributed by atoms with Crippen molar-refractivity contribution in [3.8, 4) is 17.2 Å². The van der Waals surface area contributed by atoms with Crippen molar-refractivity contribution in [2.75, 3.05) is 6.79 Å². The molecule has 2 fully saturated rings. The number of ether oxygens (including phenoxy) is 3. The molecule has 2 aliphatic carbocycles. The Balaban J connectivity index is 1.45. The van der Waals surface area contributed by atoms with Crippen molar-refractivity contribution in [1.29, 1.82) is 0 Å². The molecule has 3 aliphatic rings. The molecule has 5 heteroatoms. The maximum atomic E-state index is 12.4. The summed E-state index contributed by atoms with van der Waals surface area (Å²) >= 11 is 0. The summed E-state index contributed by atoms with van der Waals surface area (Å²) in [5.74, 6) is 1.80. The predicted molar refractivity (Wildman–Crippen MR) is 76.8 cm³/mol. The minimum atomic E-state index is -0.233. The Morgan fingerprint density at radius 3 is 2.59 bits per heavy atom. The number of esters is 1. The van der Waals surface area contributed by atoms with Gasteiger partial charge in [-0.1, -0.05) is 6.42 Å². The molecule has 4 rings (SSSR count). The lowest BCUT2D eigenvalue weighted by Crippen LogP contribution is -2.40. The average molecular weight is 302 g/mol. The molecule has 2 saturated carbocycles. The van der Waals surface area contributed by atoms with Crippen LogP contribution in [0.5, 0.6) is 17.2 Å². The molecule has 2 bridgehead atoms.